The molecule has 0 saturated carbocycles. The Kier molecular flexibility index (Phi) is 5.87. The highest BCUT2D eigenvalue weighted by Crippen LogP contribution is 2.41. The summed E-state index contributed by atoms with van der Waals surface area (Å²) in [6, 6.07) is 8.84. The Balaban J connectivity index is 1.81. The fourth-order valence-electron chi connectivity index (χ4n) is 3.23. The van der Waals surface area contributed by atoms with Gasteiger partial charge in [-0.25, -0.2) is 0 Å². The van der Waals surface area contributed by atoms with Gasteiger partial charge in [-0.3, -0.25) is 0 Å². The van der Waals surface area contributed by atoms with Crippen LogP contribution in [-0.2, 0) is 6.18 Å². The summed E-state index contributed by atoms with van der Waals surface area (Å²) in [4.78, 5) is 0. The average Bonchev–Trinajstić information content (AvgIpc) is 2.61. The summed E-state index contributed by atoms with van der Waals surface area (Å²) >= 11 is 11.0. The minimum atomic E-state index is -4.55. The molecule has 1 aliphatic rings. The first kappa shape index (κ1) is 21.5. The fourth-order valence-corrected chi connectivity index (χ4v) is 3.72. The van der Waals surface area contributed by atoms with Gasteiger partial charge in [-0.05, 0) is 62.5 Å². The maximum Gasteiger partial charge on any atom is 0.417 e. The molecule has 3 rings (SSSR count). The first-order valence-electron chi connectivity index (χ1n) is 8.80. The Labute approximate surface area is 177 Å². The van der Waals surface area contributed by atoms with Crippen LogP contribution in [0.3, 0.4) is 0 Å². The fraction of sp³-hybridized carbons (Fsp3) is 0.350. The summed E-state index contributed by atoms with van der Waals surface area (Å²) in [5.41, 5.74) is -0.316. The number of halogens is 4. The predicted octanol–water partition coefficient (Wildman–Crippen LogP) is 5.96. The number of thiocarbonyl (C=S) groups is 1. The highest BCUT2D eigenvalue weighted by atomic mass is 35.5. The summed E-state index contributed by atoms with van der Waals surface area (Å²) < 4.78 is 50.5. The molecule has 29 heavy (non-hydrogen) atoms. The molecule has 0 unspecified atom stereocenters. The molecule has 2 N–H and O–H groups in total. The van der Waals surface area contributed by atoms with Crippen molar-refractivity contribution in [1.82, 2.24) is 5.32 Å². The molecule has 1 atom stereocenters. The Morgan fingerprint density at radius 2 is 1.97 bits per heavy atom. The smallest absolute Gasteiger partial charge is 0.417 e. The van der Waals surface area contributed by atoms with Gasteiger partial charge < -0.3 is 20.1 Å². The quantitative estimate of drug-likeness (QED) is 0.572. The van der Waals surface area contributed by atoms with Crippen molar-refractivity contribution in [1.29, 1.82) is 0 Å². The second-order valence-electron chi connectivity index (χ2n) is 7.31. The number of benzene rings is 2. The summed E-state index contributed by atoms with van der Waals surface area (Å²) in [5, 5.41) is 5.80. The summed E-state index contributed by atoms with van der Waals surface area (Å²) in [6.45, 7) is 3.92. The molecule has 1 heterocycles. The molecule has 0 aliphatic carbocycles. The van der Waals surface area contributed by atoms with Gasteiger partial charge in [0.15, 0.2) is 5.11 Å². The molecule has 0 fully saturated rings. The number of ether oxygens (including phenoxy) is 2. The van der Waals surface area contributed by atoms with Gasteiger partial charge in [0.05, 0.1) is 23.7 Å². The molecule has 1 aliphatic heterocycles. The third-order valence-corrected chi connectivity index (χ3v) is 5.06. The molecule has 2 aromatic rings. The molecule has 9 heteroatoms. The zero-order valence-electron chi connectivity index (χ0n) is 16.0. The Bertz CT molecular complexity index is 934. The third kappa shape index (κ3) is 5.05. The monoisotopic (exact) mass is 444 g/mol. The predicted molar refractivity (Wildman–Crippen MR) is 111 cm³/mol. The van der Waals surface area contributed by atoms with Crippen molar-refractivity contribution in [2.75, 3.05) is 12.4 Å². The molecule has 2 aromatic carbocycles. The normalized spacial score (nSPS) is 17.7. The van der Waals surface area contributed by atoms with Crippen LogP contribution < -0.4 is 20.1 Å². The van der Waals surface area contributed by atoms with Crippen LogP contribution in [0.4, 0.5) is 18.9 Å². The van der Waals surface area contributed by atoms with Gasteiger partial charge in [0.2, 0.25) is 0 Å². The van der Waals surface area contributed by atoms with Crippen LogP contribution in [0, 0.1) is 0 Å². The van der Waals surface area contributed by atoms with Gasteiger partial charge in [-0.1, -0.05) is 11.6 Å². The Hall–Kier alpha value is -2.19. The van der Waals surface area contributed by atoms with Gasteiger partial charge in [-0.15, -0.1) is 0 Å². The molecule has 0 bridgehead atoms. The van der Waals surface area contributed by atoms with Crippen LogP contribution in [0.15, 0.2) is 36.4 Å². The third-order valence-electron chi connectivity index (χ3n) is 4.51. The van der Waals surface area contributed by atoms with Crippen LogP contribution in [0.25, 0.3) is 0 Å². The SMILES string of the molecule is COc1ccc2c(c1)[C@H](NC(=S)Nc1ccc(Cl)c(C(F)(F)F)c1)CC(C)(C)O2. The van der Waals surface area contributed by atoms with Gasteiger partial charge in [0.1, 0.15) is 17.1 Å². The molecule has 0 radical (unpaired) electrons. The van der Waals surface area contributed by atoms with E-state index in [4.69, 9.17) is 33.3 Å². The van der Waals surface area contributed by atoms with Crippen molar-refractivity contribution in [2.45, 2.75) is 38.1 Å². The lowest BCUT2D eigenvalue weighted by Gasteiger charge is -2.38. The van der Waals surface area contributed by atoms with Crippen LogP contribution in [0.5, 0.6) is 11.5 Å². The maximum absolute atomic E-state index is 13.1. The summed E-state index contributed by atoms with van der Waals surface area (Å²) in [7, 11) is 1.57. The number of hydrogen-bond donors (Lipinski definition) is 2. The average molecular weight is 445 g/mol. The second kappa shape index (κ2) is 7.91. The second-order valence-corrected chi connectivity index (χ2v) is 8.13. The summed E-state index contributed by atoms with van der Waals surface area (Å²) in [6.07, 6.45) is -3.95. The van der Waals surface area contributed by atoms with Crippen molar-refractivity contribution < 1.29 is 22.6 Å². The molecular weight excluding hydrogens is 425 g/mol. The largest absolute Gasteiger partial charge is 0.497 e. The standard InChI is InChI=1S/C20H20ClF3N2O2S/c1-19(2)10-16(13-9-12(27-3)5-7-17(13)28-19)26-18(29)25-11-4-6-15(21)14(8-11)20(22,23)24/h4-9,16H,10H2,1-3H3,(H2,25,26,29)/t16-/m1/s1. The van der Waals surface area contributed by atoms with E-state index >= 15 is 0 Å². The number of nitrogens with one attached hydrogen (secondary N) is 2. The first-order valence-corrected chi connectivity index (χ1v) is 9.58. The Morgan fingerprint density at radius 3 is 2.62 bits per heavy atom. The lowest BCUT2D eigenvalue weighted by molar-refractivity contribution is -0.137. The number of fused-ring (bicyclic) bond motifs is 1. The minimum absolute atomic E-state index is 0.191. The molecule has 0 amide bonds. The van der Waals surface area contributed by atoms with E-state index in [1.54, 1.807) is 13.2 Å². The molecule has 0 spiro atoms. The van der Waals surface area contributed by atoms with Gasteiger partial charge in [0.25, 0.3) is 0 Å². The number of methoxy groups -OCH3 is 1. The topological polar surface area (TPSA) is 42.5 Å². The van der Waals surface area contributed by atoms with E-state index in [9.17, 15) is 13.2 Å². The molecule has 0 saturated heterocycles. The lowest BCUT2D eigenvalue weighted by atomic mass is 9.89. The van der Waals surface area contributed by atoms with Crippen LogP contribution in [0.2, 0.25) is 5.02 Å². The molecule has 156 valence electrons. The number of hydrogen-bond acceptors (Lipinski definition) is 3. The van der Waals surface area contributed by atoms with E-state index < -0.39 is 17.3 Å². The first-order chi connectivity index (χ1) is 13.5. The van der Waals surface area contributed by atoms with E-state index in [1.807, 2.05) is 26.0 Å². The van der Waals surface area contributed by atoms with Crippen molar-refractivity contribution in [3.05, 3.63) is 52.5 Å². The maximum atomic E-state index is 13.1. The zero-order chi connectivity index (χ0) is 21.4. The van der Waals surface area contributed by atoms with E-state index in [1.165, 1.54) is 12.1 Å². The Morgan fingerprint density at radius 1 is 1.24 bits per heavy atom. The van der Waals surface area contributed by atoms with Crippen LogP contribution in [-0.4, -0.2) is 17.8 Å². The van der Waals surface area contributed by atoms with Gasteiger partial charge in [-0.2, -0.15) is 13.2 Å². The number of rotatable bonds is 3. The molecule has 4 nitrogen and oxygen atoms in total. The highest BCUT2D eigenvalue weighted by Gasteiger charge is 2.35. The van der Waals surface area contributed by atoms with Crippen molar-refractivity contribution in [3.63, 3.8) is 0 Å². The lowest BCUT2D eigenvalue weighted by Crippen LogP contribution is -2.42. The van der Waals surface area contributed by atoms with Crippen molar-refractivity contribution in [3.8, 4) is 11.5 Å². The van der Waals surface area contributed by atoms with E-state index in [0.29, 0.717) is 17.9 Å². The number of alkyl halides is 3. The van der Waals surface area contributed by atoms with E-state index in [0.717, 1.165) is 11.6 Å². The van der Waals surface area contributed by atoms with E-state index in [-0.39, 0.29) is 21.9 Å². The van der Waals surface area contributed by atoms with Gasteiger partial charge >= 0.3 is 6.18 Å². The highest BCUT2D eigenvalue weighted by molar-refractivity contribution is 7.80. The van der Waals surface area contributed by atoms with Crippen molar-refractivity contribution in [2.24, 2.45) is 0 Å². The zero-order valence-corrected chi connectivity index (χ0v) is 17.6. The van der Waals surface area contributed by atoms with E-state index in [2.05, 4.69) is 10.6 Å². The number of anilines is 1. The van der Waals surface area contributed by atoms with Crippen LogP contribution in [0.1, 0.15) is 37.4 Å². The van der Waals surface area contributed by atoms with Gasteiger partial charge in [0, 0.05) is 17.7 Å². The van der Waals surface area contributed by atoms with Crippen molar-refractivity contribution >= 4 is 34.6 Å². The minimum Gasteiger partial charge on any atom is -0.497 e. The molecule has 0 aromatic heterocycles. The summed E-state index contributed by atoms with van der Waals surface area (Å²) in [5.74, 6) is 1.37. The molecular formula is C20H20ClF3N2O2S. The van der Waals surface area contributed by atoms with Crippen LogP contribution >= 0.6 is 23.8 Å².